The first-order valence-electron chi connectivity index (χ1n) is 10.8. The number of hydrogen-bond acceptors (Lipinski definition) is 7. The molecule has 11 heteroatoms. The number of hydrogen-bond donors (Lipinski definition) is 3. The average molecular weight is 491 g/mol. The van der Waals surface area contributed by atoms with E-state index in [1.807, 2.05) is 0 Å². The van der Waals surface area contributed by atoms with Crippen molar-refractivity contribution in [3.63, 3.8) is 0 Å². The summed E-state index contributed by atoms with van der Waals surface area (Å²) in [6.45, 7) is 6.08. The van der Waals surface area contributed by atoms with Crippen molar-refractivity contribution in [2.75, 3.05) is 49.4 Å². The SMILES string of the molecule is COc1ccc(NC(C)=O)cc1N[C@@H](C)C(=O)Nc1ccc(C)c(S(=O)(=O)N2CCOCC2)c1. The maximum atomic E-state index is 13.1. The monoisotopic (exact) mass is 490 g/mol. The van der Waals surface area contributed by atoms with Gasteiger partial charge in [0.2, 0.25) is 21.8 Å². The fourth-order valence-electron chi connectivity index (χ4n) is 3.53. The second-order valence-corrected chi connectivity index (χ2v) is 9.85. The van der Waals surface area contributed by atoms with E-state index in [2.05, 4.69) is 16.0 Å². The predicted octanol–water partition coefficient (Wildman–Crippen LogP) is 2.42. The van der Waals surface area contributed by atoms with Crippen LogP contribution in [0.1, 0.15) is 19.4 Å². The van der Waals surface area contributed by atoms with Crippen LogP contribution in [-0.4, -0.2) is 64.0 Å². The number of sulfonamides is 1. The minimum absolute atomic E-state index is 0.150. The molecular weight excluding hydrogens is 460 g/mol. The van der Waals surface area contributed by atoms with Crippen molar-refractivity contribution >= 4 is 38.9 Å². The maximum Gasteiger partial charge on any atom is 0.246 e. The van der Waals surface area contributed by atoms with Gasteiger partial charge < -0.3 is 25.4 Å². The van der Waals surface area contributed by atoms with Gasteiger partial charge in [0.25, 0.3) is 0 Å². The van der Waals surface area contributed by atoms with Gasteiger partial charge in [-0.25, -0.2) is 8.42 Å². The summed E-state index contributed by atoms with van der Waals surface area (Å²) in [7, 11) is -2.20. The Kier molecular flexibility index (Phi) is 8.13. The van der Waals surface area contributed by atoms with Gasteiger partial charge >= 0.3 is 0 Å². The highest BCUT2D eigenvalue weighted by Gasteiger charge is 2.28. The topological polar surface area (TPSA) is 126 Å². The van der Waals surface area contributed by atoms with Crippen LogP contribution in [0.4, 0.5) is 17.1 Å². The number of anilines is 3. The molecule has 0 radical (unpaired) electrons. The Bertz CT molecular complexity index is 1160. The third-order valence-electron chi connectivity index (χ3n) is 5.33. The molecule has 2 aromatic rings. The van der Waals surface area contributed by atoms with Crippen LogP contribution in [0.2, 0.25) is 0 Å². The lowest BCUT2D eigenvalue weighted by Gasteiger charge is -2.27. The molecule has 0 aliphatic carbocycles. The van der Waals surface area contributed by atoms with Gasteiger partial charge in [-0.05, 0) is 49.7 Å². The van der Waals surface area contributed by atoms with Gasteiger partial charge in [-0.1, -0.05) is 6.07 Å². The van der Waals surface area contributed by atoms with Crippen LogP contribution in [0.5, 0.6) is 5.75 Å². The first-order chi connectivity index (χ1) is 16.1. The van der Waals surface area contributed by atoms with E-state index in [0.717, 1.165) is 0 Å². The molecule has 2 amide bonds. The number of rotatable bonds is 8. The zero-order valence-electron chi connectivity index (χ0n) is 19.7. The minimum Gasteiger partial charge on any atom is -0.495 e. The second kappa shape index (κ2) is 10.9. The van der Waals surface area contributed by atoms with E-state index >= 15 is 0 Å². The smallest absolute Gasteiger partial charge is 0.246 e. The summed E-state index contributed by atoms with van der Waals surface area (Å²) in [4.78, 5) is 24.4. The Labute approximate surface area is 199 Å². The summed E-state index contributed by atoms with van der Waals surface area (Å²) in [5.74, 6) is -0.0855. The molecule has 0 spiro atoms. The van der Waals surface area contributed by atoms with Gasteiger partial charge in [-0.3, -0.25) is 9.59 Å². The Morgan fingerprint density at radius 3 is 2.35 bits per heavy atom. The first-order valence-corrected chi connectivity index (χ1v) is 12.3. The number of morpholine rings is 1. The molecular formula is C23H30N4O6S. The van der Waals surface area contributed by atoms with E-state index in [4.69, 9.17) is 9.47 Å². The van der Waals surface area contributed by atoms with Crippen molar-refractivity contribution < 1.29 is 27.5 Å². The highest BCUT2D eigenvalue weighted by molar-refractivity contribution is 7.89. The van der Waals surface area contributed by atoms with Crippen molar-refractivity contribution in [1.82, 2.24) is 4.31 Å². The van der Waals surface area contributed by atoms with Crippen LogP contribution in [0.3, 0.4) is 0 Å². The molecule has 1 saturated heterocycles. The zero-order chi connectivity index (χ0) is 24.9. The lowest BCUT2D eigenvalue weighted by atomic mass is 10.2. The Morgan fingerprint density at radius 1 is 1.06 bits per heavy atom. The molecule has 1 atom stereocenters. The quantitative estimate of drug-likeness (QED) is 0.519. The van der Waals surface area contributed by atoms with Crippen LogP contribution >= 0.6 is 0 Å². The van der Waals surface area contributed by atoms with Crippen LogP contribution in [0.15, 0.2) is 41.3 Å². The van der Waals surface area contributed by atoms with Gasteiger partial charge in [0, 0.05) is 31.4 Å². The van der Waals surface area contributed by atoms with E-state index in [0.29, 0.717) is 54.7 Å². The molecule has 2 aromatic carbocycles. The summed E-state index contributed by atoms with van der Waals surface area (Å²) in [5.41, 5.74) is 2.04. The maximum absolute atomic E-state index is 13.1. The number of aryl methyl sites for hydroxylation is 1. The average Bonchev–Trinajstić information content (AvgIpc) is 2.80. The lowest BCUT2D eigenvalue weighted by molar-refractivity contribution is -0.116. The molecule has 1 fully saturated rings. The molecule has 0 saturated carbocycles. The Balaban J connectivity index is 1.76. The zero-order valence-corrected chi connectivity index (χ0v) is 20.5. The molecule has 1 aliphatic heterocycles. The van der Waals surface area contributed by atoms with E-state index in [1.165, 1.54) is 24.4 Å². The number of nitrogens with one attached hydrogen (secondary N) is 3. The number of nitrogens with zero attached hydrogens (tertiary/aromatic N) is 1. The molecule has 10 nitrogen and oxygen atoms in total. The van der Waals surface area contributed by atoms with E-state index in [1.54, 1.807) is 44.2 Å². The van der Waals surface area contributed by atoms with Crippen molar-refractivity contribution in [3.8, 4) is 5.75 Å². The molecule has 3 rings (SSSR count). The molecule has 0 aromatic heterocycles. The number of ether oxygens (including phenoxy) is 2. The number of methoxy groups -OCH3 is 1. The van der Waals surface area contributed by atoms with Crippen LogP contribution < -0.4 is 20.7 Å². The van der Waals surface area contributed by atoms with Crippen molar-refractivity contribution in [2.45, 2.75) is 31.7 Å². The third kappa shape index (κ3) is 6.04. The largest absolute Gasteiger partial charge is 0.495 e. The van der Waals surface area contributed by atoms with Gasteiger partial charge in [0.1, 0.15) is 11.8 Å². The summed E-state index contributed by atoms with van der Waals surface area (Å²) < 4.78 is 38.2. The predicted molar refractivity (Wildman–Crippen MR) is 130 cm³/mol. The molecule has 34 heavy (non-hydrogen) atoms. The number of carbonyl (C=O) groups excluding carboxylic acids is 2. The fraction of sp³-hybridized carbons (Fsp3) is 0.391. The van der Waals surface area contributed by atoms with Crippen molar-refractivity contribution in [3.05, 3.63) is 42.0 Å². The molecule has 0 bridgehead atoms. The van der Waals surface area contributed by atoms with Gasteiger partial charge in [0.05, 0.1) is 30.9 Å². The van der Waals surface area contributed by atoms with Gasteiger partial charge in [-0.15, -0.1) is 0 Å². The summed E-state index contributed by atoms with van der Waals surface area (Å²) >= 11 is 0. The third-order valence-corrected chi connectivity index (χ3v) is 7.37. The summed E-state index contributed by atoms with van der Waals surface area (Å²) in [6, 6.07) is 9.16. The minimum atomic E-state index is -3.71. The van der Waals surface area contributed by atoms with Gasteiger partial charge in [0.15, 0.2) is 0 Å². The fourth-order valence-corrected chi connectivity index (χ4v) is 5.19. The summed E-state index contributed by atoms with van der Waals surface area (Å²) in [6.07, 6.45) is 0. The number of amides is 2. The highest BCUT2D eigenvalue weighted by Crippen LogP contribution is 2.29. The second-order valence-electron chi connectivity index (χ2n) is 7.95. The first kappa shape index (κ1) is 25.5. The molecule has 0 unspecified atom stereocenters. The van der Waals surface area contributed by atoms with E-state index in [-0.39, 0.29) is 16.7 Å². The lowest BCUT2D eigenvalue weighted by Crippen LogP contribution is -2.40. The normalized spacial score (nSPS) is 15.3. The summed E-state index contributed by atoms with van der Waals surface area (Å²) in [5, 5.41) is 8.53. The van der Waals surface area contributed by atoms with Crippen LogP contribution in [-0.2, 0) is 24.3 Å². The molecule has 184 valence electrons. The van der Waals surface area contributed by atoms with Gasteiger partial charge in [-0.2, -0.15) is 4.31 Å². The van der Waals surface area contributed by atoms with E-state index in [9.17, 15) is 18.0 Å². The number of carbonyl (C=O) groups is 2. The number of benzene rings is 2. The van der Waals surface area contributed by atoms with E-state index < -0.39 is 16.1 Å². The Morgan fingerprint density at radius 2 is 1.71 bits per heavy atom. The van der Waals surface area contributed by atoms with Crippen molar-refractivity contribution in [2.24, 2.45) is 0 Å². The van der Waals surface area contributed by atoms with Crippen molar-refractivity contribution in [1.29, 1.82) is 0 Å². The standard InChI is InChI=1S/C23H30N4O6S/c1-15-5-6-19(14-22(15)34(30,31)27-9-11-33-12-10-27)26-23(29)16(2)24-20-13-18(25-17(3)28)7-8-21(20)32-4/h5-8,13-14,16,24H,9-12H2,1-4H3,(H,25,28)(H,26,29)/t16-/m0/s1. The molecule has 1 heterocycles. The van der Waals surface area contributed by atoms with Crippen LogP contribution in [0.25, 0.3) is 0 Å². The van der Waals surface area contributed by atoms with Crippen LogP contribution in [0, 0.1) is 6.92 Å². The molecule has 3 N–H and O–H groups in total. The Hall–Kier alpha value is -3.15. The molecule has 1 aliphatic rings. The highest BCUT2D eigenvalue weighted by atomic mass is 32.2.